The maximum absolute atomic E-state index is 8.55. The number of phosphoric acid groups is 4. The van der Waals surface area contributed by atoms with Gasteiger partial charge in [-0.3, -0.25) is 0 Å². The van der Waals surface area contributed by atoms with E-state index < -0.39 is 31.3 Å². The van der Waals surface area contributed by atoms with E-state index in [-0.39, 0.29) is 302 Å². The summed E-state index contributed by atoms with van der Waals surface area (Å²) in [5.41, 5.74) is 0. The minimum absolute atomic E-state index is 0. The van der Waals surface area contributed by atoms with Gasteiger partial charge in [0.25, 0.3) is 0 Å². The predicted molar refractivity (Wildman–Crippen MR) is 76.5 cm³/mol. The van der Waals surface area contributed by atoms with E-state index in [1.54, 1.807) is 0 Å². The molecular weight excluding hydrogens is 701 g/mol. The van der Waals surface area contributed by atoms with Crippen LogP contribution in [0, 0.1) is 0 Å². The van der Waals surface area contributed by atoms with Crippen LogP contribution in [0.3, 0.4) is 0 Å². The van der Waals surface area contributed by atoms with Crippen molar-refractivity contribution >= 4 is 333 Å². The smallest absolute Gasteiger partial charge is 0.822 e. The first-order valence-corrected chi connectivity index (χ1v) is 8.76. The third kappa shape index (κ3) is 416. The van der Waals surface area contributed by atoms with Gasteiger partial charge in [0.05, 0.1) is 0 Å². The molecule has 28 heteroatoms. The number of hydrogen-bond acceptors (Lipinski definition) is 16. The van der Waals surface area contributed by atoms with Crippen LogP contribution in [0.4, 0.5) is 0 Å². The minimum atomic E-state index is -5.39. The summed E-state index contributed by atoms with van der Waals surface area (Å²) < 4.78 is 34.2. The van der Waals surface area contributed by atoms with Crippen molar-refractivity contribution in [2.45, 2.75) is 0 Å². The summed E-state index contributed by atoms with van der Waals surface area (Å²) in [6.45, 7) is 0. The largest absolute Gasteiger partial charge is 2.00 e. The Morgan fingerprint density at radius 3 is 0.250 bits per heavy atom. The Morgan fingerprint density at radius 2 is 0.250 bits per heavy atom. The molecule has 0 aromatic carbocycles. The summed E-state index contributed by atoms with van der Waals surface area (Å²) in [4.78, 5) is 103. The molecule has 0 unspecified atom stereocenters. The van der Waals surface area contributed by atoms with Gasteiger partial charge in [-0.05, 0) is 0 Å². The van der Waals surface area contributed by atoms with E-state index in [0.717, 1.165) is 0 Å². The Morgan fingerprint density at radius 1 is 0.250 bits per heavy atom. The normalized spacial score (nSPS) is 8.43. The molecule has 0 radical (unpaired) electrons. The third-order valence-corrected chi connectivity index (χ3v) is 0. The van der Waals surface area contributed by atoms with Crippen molar-refractivity contribution in [3.05, 3.63) is 0 Å². The van der Waals surface area contributed by atoms with Crippen molar-refractivity contribution < 1.29 is 77.0 Å². The molecule has 128 valence electrons. The van der Waals surface area contributed by atoms with Gasteiger partial charge in [-0.25, -0.2) is 0 Å². The van der Waals surface area contributed by atoms with Crippen LogP contribution in [-0.2, 0) is 18.3 Å². The van der Waals surface area contributed by atoms with E-state index in [1.807, 2.05) is 0 Å². The van der Waals surface area contributed by atoms with Crippen molar-refractivity contribution in [3.63, 3.8) is 0 Å². The Bertz CT molecular complexity index is 303. The molecule has 0 saturated heterocycles. The summed E-state index contributed by atoms with van der Waals surface area (Å²) in [7, 11) is -21.6. The summed E-state index contributed by atoms with van der Waals surface area (Å²) >= 11 is 0. The van der Waals surface area contributed by atoms with Gasteiger partial charge in [0.15, 0.2) is 0 Å². The quantitative estimate of drug-likeness (QED) is 0.167. The zero-order valence-electron chi connectivity index (χ0n) is 14.0. The molecule has 0 fully saturated rings. The Labute approximate surface area is 398 Å². The van der Waals surface area contributed by atoms with Crippen LogP contribution in [0.15, 0.2) is 0 Å². The standard InChI is InChI=1S/8Ca.4H3O4P/c;;;;;;;;4*1-5(2,3)4/h;;;;;;;;4*(H3,1,2,3,4)/q8*+2;;;;/p-12. The van der Waals surface area contributed by atoms with Crippen LogP contribution in [0.1, 0.15) is 0 Å². The molecular formula is Ca8O16P4+4. The Kier molecular flexibility index (Phi) is 116. The van der Waals surface area contributed by atoms with E-state index in [0.29, 0.717) is 0 Å². The fraction of sp³-hybridized carbons (Fsp3) is 0. The predicted octanol–water partition coefficient (Wildman–Crippen LogP) is -14.3. The summed E-state index contributed by atoms with van der Waals surface area (Å²) in [6, 6.07) is 0. The van der Waals surface area contributed by atoms with E-state index >= 15 is 0 Å². The Balaban J connectivity index is -0.0000000111. The first-order chi connectivity index (χ1) is 8.00. The van der Waals surface area contributed by atoms with Crippen LogP contribution in [0.2, 0.25) is 0 Å². The first-order valence-electron chi connectivity index (χ1n) is 2.92. The van der Waals surface area contributed by atoms with Gasteiger partial charge < -0.3 is 77.0 Å². The van der Waals surface area contributed by atoms with E-state index in [4.69, 9.17) is 77.0 Å². The van der Waals surface area contributed by atoms with Gasteiger partial charge in [-0.2, -0.15) is 31.3 Å². The second-order valence-corrected chi connectivity index (χ2v) is 5.37. The molecule has 0 aromatic rings. The fourth-order valence-electron chi connectivity index (χ4n) is 0. The van der Waals surface area contributed by atoms with Crippen LogP contribution < -0.4 is 58.7 Å². The average molecular weight is 701 g/mol. The second-order valence-electron chi connectivity index (χ2n) is 1.79. The van der Waals surface area contributed by atoms with Crippen LogP contribution >= 0.6 is 31.3 Å². The zero-order valence-corrected chi connectivity index (χ0v) is 35.2. The summed E-state index contributed by atoms with van der Waals surface area (Å²) in [5.74, 6) is 0. The van der Waals surface area contributed by atoms with Gasteiger partial charge in [-0.1, -0.05) is 0 Å². The van der Waals surface area contributed by atoms with E-state index in [2.05, 4.69) is 0 Å². The van der Waals surface area contributed by atoms with Gasteiger partial charge in [0.1, 0.15) is 0 Å². The number of rotatable bonds is 0. The molecule has 0 aliphatic carbocycles. The molecule has 16 nitrogen and oxygen atoms in total. The summed E-state index contributed by atoms with van der Waals surface area (Å²) in [6.07, 6.45) is 0. The maximum Gasteiger partial charge on any atom is 2.00 e. The van der Waals surface area contributed by atoms with Gasteiger partial charge in [0.2, 0.25) is 0 Å². The monoisotopic (exact) mass is 700 g/mol. The molecule has 0 aliphatic heterocycles. The second kappa shape index (κ2) is 42.0. The Hall–Kier alpha value is 10.5. The molecule has 0 aliphatic rings. The molecule has 0 rings (SSSR count). The molecule has 0 bridgehead atoms. The SMILES string of the molecule is O=P([O-])([O-])[O-].O=P([O-])([O-])[O-].O=P([O-])([O-])[O-].O=P([O-])([O-])[O-].[Ca+2].[Ca+2].[Ca+2].[Ca+2].[Ca+2].[Ca+2].[Ca+2].[Ca+2]. The van der Waals surface area contributed by atoms with Crippen molar-refractivity contribution in [1.82, 2.24) is 0 Å². The molecule has 0 spiro atoms. The van der Waals surface area contributed by atoms with E-state index in [1.165, 1.54) is 0 Å². The van der Waals surface area contributed by atoms with Crippen LogP contribution in [0.5, 0.6) is 0 Å². The average Bonchev–Trinajstić information content (AvgIpc) is 1.62. The fourth-order valence-corrected chi connectivity index (χ4v) is 0. The minimum Gasteiger partial charge on any atom is -0.822 e. The molecule has 0 amide bonds. The first kappa shape index (κ1) is 77.1. The molecule has 0 saturated carbocycles. The molecule has 0 N–H and O–H groups in total. The third-order valence-electron chi connectivity index (χ3n) is 0. The summed E-state index contributed by atoms with van der Waals surface area (Å²) in [5, 5.41) is 0. The van der Waals surface area contributed by atoms with E-state index in [9.17, 15) is 0 Å². The van der Waals surface area contributed by atoms with Crippen LogP contribution in [-0.4, -0.2) is 302 Å². The van der Waals surface area contributed by atoms with Gasteiger partial charge in [-0.15, -0.1) is 0 Å². The zero-order chi connectivity index (χ0) is 18.0. The van der Waals surface area contributed by atoms with Crippen molar-refractivity contribution in [1.29, 1.82) is 0 Å². The maximum atomic E-state index is 8.55. The van der Waals surface area contributed by atoms with Crippen molar-refractivity contribution in [3.8, 4) is 0 Å². The van der Waals surface area contributed by atoms with Gasteiger partial charge >= 0.3 is 302 Å². The topological polar surface area (TPSA) is 345 Å². The van der Waals surface area contributed by atoms with Crippen LogP contribution in [0.25, 0.3) is 0 Å². The van der Waals surface area contributed by atoms with Crippen molar-refractivity contribution in [2.75, 3.05) is 0 Å². The van der Waals surface area contributed by atoms with Crippen molar-refractivity contribution in [2.24, 2.45) is 0 Å². The molecule has 0 atom stereocenters. The molecule has 0 aromatic heterocycles. The molecule has 28 heavy (non-hydrogen) atoms. The van der Waals surface area contributed by atoms with Gasteiger partial charge in [0, 0.05) is 0 Å². The number of hydrogen-bond donors (Lipinski definition) is 0. The molecule has 0 heterocycles.